The predicted molar refractivity (Wildman–Crippen MR) is 73.9 cm³/mol. The van der Waals surface area contributed by atoms with Crippen molar-refractivity contribution in [2.75, 3.05) is 33.0 Å². The van der Waals surface area contributed by atoms with E-state index in [0.29, 0.717) is 25.9 Å². The molecule has 1 N–H and O–H groups in total. The highest BCUT2D eigenvalue weighted by Gasteiger charge is 2.09. The molecule has 2 atom stereocenters. The van der Waals surface area contributed by atoms with Gasteiger partial charge in [0.1, 0.15) is 6.61 Å². The quantitative estimate of drug-likeness (QED) is 0.545. The molecule has 0 bridgehead atoms. The fourth-order valence-corrected chi connectivity index (χ4v) is 1.28. The summed E-state index contributed by atoms with van der Waals surface area (Å²) in [7, 11) is 0. The van der Waals surface area contributed by atoms with Crippen LogP contribution < -0.4 is 5.32 Å². The standard InChI is InChI=1S/C14H29NO3/c1-5-12(3)14(16)11-18-10-9-17-8-7-15-13(4)6-2/h12-13,15H,5-11H2,1-4H3/t12-,13?/m0/s1. The molecular weight excluding hydrogens is 230 g/mol. The molecular formula is C14H29NO3. The van der Waals surface area contributed by atoms with Gasteiger partial charge in [0.05, 0.1) is 19.8 Å². The third-order valence-electron chi connectivity index (χ3n) is 3.13. The summed E-state index contributed by atoms with van der Waals surface area (Å²) in [4.78, 5) is 11.4. The van der Waals surface area contributed by atoms with Crippen LogP contribution in [-0.4, -0.2) is 44.8 Å². The van der Waals surface area contributed by atoms with E-state index >= 15 is 0 Å². The van der Waals surface area contributed by atoms with Crippen molar-refractivity contribution in [3.05, 3.63) is 0 Å². The molecule has 0 saturated carbocycles. The first kappa shape index (κ1) is 17.6. The van der Waals surface area contributed by atoms with Gasteiger partial charge in [-0.1, -0.05) is 20.8 Å². The van der Waals surface area contributed by atoms with E-state index in [9.17, 15) is 4.79 Å². The van der Waals surface area contributed by atoms with Crippen LogP contribution in [0.4, 0.5) is 0 Å². The van der Waals surface area contributed by atoms with Gasteiger partial charge in [0, 0.05) is 18.5 Å². The highest BCUT2D eigenvalue weighted by atomic mass is 16.5. The van der Waals surface area contributed by atoms with Crippen LogP contribution in [0.1, 0.15) is 40.5 Å². The molecule has 0 amide bonds. The van der Waals surface area contributed by atoms with Crippen molar-refractivity contribution in [3.8, 4) is 0 Å². The summed E-state index contributed by atoms with van der Waals surface area (Å²) in [5.41, 5.74) is 0. The average Bonchev–Trinajstić information content (AvgIpc) is 2.39. The molecule has 4 nitrogen and oxygen atoms in total. The zero-order chi connectivity index (χ0) is 13.8. The third-order valence-corrected chi connectivity index (χ3v) is 3.13. The molecule has 1 unspecified atom stereocenters. The smallest absolute Gasteiger partial charge is 0.161 e. The molecule has 0 aliphatic carbocycles. The molecule has 18 heavy (non-hydrogen) atoms. The number of nitrogens with one attached hydrogen (secondary N) is 1. The van der Waals surface area contributed by atoms with E-state index in [1.807, 2.05) is 13.8 Å². The Morgan fingerprint density at radius 1 is 1.06 bits per heavy atom. The Labute approximate surface area is 111 Å². The maximum atomic E-state index is 11.4. The molecule has 0 spiro atoms. The number of Topliss-reactive ketones (excluding diaryl/α,β-unsaturated/α-hetero) is 1. The summed E-state index contributed by atoms with van der Waals surface area (Å²) < 4.78 is 10.7. The molecule has 0 aromatic carbocycles. The first-order valence-corrected chi connectivity index (χ1v) is 7.03. The van der Waals surface area contributed by atoms with Gasteiger partial charge in [-0.25, -0.2) is 0 Å². The first-order valence-electron chi connectivity index (χ1n) is 7.03. The maximum absolute atomic E-state index is 11.4. The fraction of sp³-hybridized carbons (Fsp3) is 0.929. The number of hydrogen-bond acceptors (Lipinski definition) is 4. The number of ether oxygens (including phenoxy) is 2. The number of carbonyl (C=O) groups is 1. The van der Waals surface area contributed by atoms with Crippen LogP contribution in [0.15, 0.2) is 0 Å². The van der Waals surface area contributed by atoms with Gasteiger partial charge in [-0.3, -0.25) is 4.79 Å². The molecule has 0 heterocycles. The minimum absolute atomic E-state index is 0.102. The van der Waals surface area contributed by atoms with Crippen molar-refractivity contribution in [1.29, 1.82) is 0 Å². The van der Waals surface area contributed by atoms with E-state index in [4.69, 9.17) is 9.47 Å². The lowest BCUT2D eigenvalue weighted by Crippen LogP contribution is -2.29. The van der Waals surface area contributed by atoms with E-state index in [2.05, 4.69) is 19.2 Å². The minimum atomic E-state index is 0.102. The van der Waals surface area contributed by atoms with Crippen LogP contribution in [-0.2, 0) is 14.3 Å². The van der Waals surface area contributed by atoms with Gasteiger partial charge in [0.2, 0.25) is 0 Å². The van der Waals surface area contributed by atoms with Crippen LogP contribution in [0.5, 0.6) is 0 Å². The van der Waals surface area contributed by atoms with E-state index in [1.165, 1.54) is 0 Å². The zero-order valence-corrected chi connectivity index (χ0v) is 12.3. The van der Waals surface area contributed by atoms with Gasteiger partial charge in [0.25, 0.3) is 0 Å². The Bertz CT molecular complexity index is 209. The Balaban J connectivity index is 3.24. The van der Waals surface area contributed by atoms with Crippen LogP contribution >= 0.6 is 0 Å². The summed E-state index contributed by atoms with van der Waals surface area (Å²) in [5, 5.41) is 3.34. The molecule has 0 aliphatic heterocycles. The van der Waals surface area contributed by atoms with Gasteiger partial charge >= 0.3 is 0 Å². The molecule has 0 saturated heterocycles. The normalized spacial score (nSPS) is 14.4. The SMILES string of the molecule is CCC(C)NCCOCCOCC(=O)[C@@H](C)CC. The Hall–Kier alpha value is -0.450. The number of rotatable bonds is 12. The number of hydrogen-bond donors (Lipinski definition) is 1. The monoisotopic (exact) mass is 259 g/mol. The van der Waals surface area contributed by atoms with Crippen molar-refractivity contribution in [2.24, 2.45) is 5.92 Å². The van der Waals surface area contributed by atoms with Crippen molar-refractivity contribution < 1.29 is 14.3 Å². The summed E-state index contributed by atoms with van der Waals surface area (Å²) in [5.74, 6) is 0.279. The summed E-state index contributed by atoms with van der Waals surface area (Å²) in [6, 6.07) is 0.540. The molecule has 0 rings (SSSR count). The van der Waals surface area contributed by atoms with Gasteiger partial charge in [-0.05, 0) is 19.8 Å². The average molecular weight is 259 g/mol. The van der Waals surface area contributed by atoms with Gasteiger partial charge in [0.15, 0.2) is 5.78 Å². The van der Waals surface area contributed by atoms with Crippen LogP contribution in [0.3, 0.4) is 0 Å². The van der Waals surface area contributed by atoms with Gasteiger partial charge < -0.3 is 14.8 Å². The van der Waals surface area contributed by atoms with Crippen molar-refractivity contribution in [1.82, 2.24) is 5.32 Å². The predicted octanol–water partition coefficient (Wildman–Crippen LogP) is 2.02. The highest BCUT2D eigenvalue weighted by molar-refractivity contribution is 5.81. The molecule has 0 fully saturated rings. The number of carbonyl (C=O) groups excluding carboxylic acids is 1. The van der Waals surface area contributed by atoms with Crippen molar-refractivity contribution in [2.45, 2.75) is 46.6 Å². The Morgan fingerprint density at radius 2 is 1.72 bits per heavy atom. The van der Waals surface area contributed by atoms with E-state index in [0.717, 1.165) is 19.4 Å². The van der Waals surface area contributed by atoms with Crippen molar-refractivity contribution >= 4 is 5.78 Å². The second-order valence-electron chi connectivity index (χ2n) is 4.70. The first-order chi connectivity index (χ1) is 8.61. The van der Waals surface area contributed by atoms with Crippen LogP contribution in [0, 0.1) is 5.92 Å². The summed E-state index contributed by atoms with van der Waals surface area (Å²) in [6.07, 6.45) is 2.00. The van der Waals surface area contributed by atoms with Crippen LogP contribution in [0.25, 0.3) is 0 Å². The lowest BCUT2D eigenvalue weighted by atomic mass is 10.1. The second-order valence-corrected chi connectivity index (χ2v) is 4.70. The molecule has 0 aromatic rings. The topological polar surface area (TPSA) is 47.6 Å². The minimum Gasteiger partial charge on any atom is -0.378 e. The van der Waals surface area contributed by atoms with E-state index in [-0.39, 0.29) is 18.3 Å². The van der Waals surface area contributed by atoms with Crippen LogP contribution in [0.2, 0.25) is 0 Å². The van der Waals surface area contributed by atoms with Crippen molar-refractivity contribution in [3.63, 3.8) is 0 Å². The highest BCUT2D eigenvalue weighted by Crippen LogP contribution is 2.01. The maximum Gasteiger partial charge on any atom is 0.161 e. The molecule has 0 aromatic heterocycles. The molecule has 4 heteroatoms. The zero-order valence-electron chi connectivity index (χ0n) is 12.3. The molecule has 0 radical (unpaired) electrons. The summed E-state index contributed by atoms with van der Waals surface area (Å²) in [6.45, 7) is 11.1. The molecule has 0 aliphatic rings. The summed E-state index contributed by atoms with van der Waals surface area (Å²) >= 11 is 0. The second kappa shape index (κ2) is 11.6. The largest absolute Gasteiger partial charge is 0.378 e. The lowest BCUT2D eigenvalue weighted by Gasteiger charge is -2.11. The van der Waals surface area contributed by atoms with E-state index in [1.54, 1.807) is 0 Å². The molecule has 108 valence electrons. The Morgan fingerprint density at radius 3 is 2.33 bits per heavy atom. The lowest BCUT2D eigenvalue weighted by molar-refractivity contribution is -0.127. The number of ketones is 1. The Kier molecular flexibility index (Phi) is 11.3. The van der Waals surface area contributed by atoms with E-state index < -0.39 is 0 Å². The van der Waals surface area contributed by atoms with Gasteiger partial charge in [-0.15, -0.1) is 0 Å². The fourth-order valence-electron chi connectivity index (χ4n) is 1.28. The van der Waals surface area contributed by atoms with Gasteiger partial charge in [-0.2, -0.15) is 0 Å². The third kappa shape index (κ3) is 9.57.